The van der Waals surface area contributed by atoms with E-state index in [-0.39, 0.29) is 46.3 Å². The van der Waals surface area contributed by atoms with Crippen molar-refractivity contribution in [1.29, 1.82) is 0 Å². The normalized spacial score (nSPS) is 19.6. The number of halogens is 4. The summed E-state index contributed by atoms with van der Waals surface area (Å²) in [5.74, 6) is -0.381. The maximum Gasteiger partial charge on any atom is 0.573 e. The van der Waals surface area contributed by atoms with Gasteiger partial charge in [-0.1, -0.05) is 56.6 Å². The second kappa shape index (κ2) is 19.0. The molecule has 3 aliphatic rings. The van der Waals surface area contributed by atoms with Crippen molar-refractivity contribution in [2.75, 3.05) is 58.2 Å². The van der Waals surface area contributed by atoms with Crippen LogP contribution in [0.5, 0.6) is 5.75 Å². The molecule has 338 valence electrons. The summed E-state index contributed by atoms with van der Waals surface area (Å²) in [5.41, 5.74) is 1.09. The number of H-pyrrole nitrogens is 1. The van der Waals surface area contributed by atoms with E-state index in [1.54, 1.807) is 39.0 Å². The van der Waals surface area contributed by atoms with Crippen LogP contribution >= 0.6 is 11.6 Å². The maximum absolute atomic E-state index is 13.7. The third-order valence-electron chi connectivity index (χ3n) is 11.3. The van der Waals surface area contributed by atoms with Crippen LogP contribution in [-0.4, -0.2) is 131 Å². The second-order valence-electron chi connectivity index (χ2n) is 17.5. The fraction of sp³-hybridized carbons (Fsp3) is 0.558. The number of alkyl carbamates (subject to hydrolysis) is 1. The number of carbonyl (C=O) groups is 4. The summed E-state index contributed by atoms with van der Waals surface area (Å²) in [7, 11) is 1.23. The number of rotatable bonds is 9. The Bertz CT molecular complexity index is 2080. The number of likely N-dealkylation sites (tertiary alicyclic amines) is 2. The van der Waals surface area contributed by atoms with Gasteiger partial charge in [0.1, 0.15) is 34.1 Å². The molecule has 3 saturated heterocycles. The quantitative estimate of drug-likeness (QED) is 0.193. The minimum Gasteiger partial charge on any atom is -0.453 e. The summed E-state index contributed by atoms with van der Waals surface area (Å²) in [4.78, 5) is 66.8. The van der Waals surface area contributed by atoms with Crippen LogP contribution in [0.3, 0.4) is 0 Å². The molecule has 2 aromatic carbocycles. The molecule has 0 spiro atoms. The number of amides is 5. The number of aromatic amines is 1. The van der Waals surface area contributed by atoms with E-state index in [0.29, 0.717) is 74.9 Å². The fourth-order valence-corrected chi connectivity index (χ4v) is 8.48. The van der Waals surface area contributed by atoms with Gasteiger partial charge in [0.2, 0.25) is 5.91 Å². The van der Waals surface area contributed by atoms with Gasteiger partial charge in [-0.05, 0) is 69.6 Å². The fourth-order valence-electron chi connectivity index (χ4n) is 8.23. The van der Waals surface area contributed by atoms with Crippen LogP contribution in [0.2, 0.25) is 5.15 Å². The number of benzene rings is 2. The van der Waals surface area contributed by atoms with Crippen molar-refractivity contribution < 1.29 is 46.6 Å². The number of imidazole rings is 1. The molecular formula is C43H56ClF3N8O7. The molecule has 0 aliphatic carbocycles. The first-order valence-corrected chi connectivity index (χ1v) is 21.3. The average molecular weight is 889 g/mol. The van der Waals surface area contributed by atoms with Crippen LogP contribution in [0.25, 0.3) is 22.4 Å². The van der Waals surface area contributed by atoms with Gasteiger partial charge in [-0.3, -0.25) is 9.69 Å². The molecule has 3 aliphatic heterocycles. The molecule has 3 aromatic rings. The molecule has 4 heterocycles. The van der Waals surface area contributed by atoms with Gasteiger partial charge in [0.15, 0.2) is 0 Å². The number of urea groups is 1. The molecule has 62 heavy (non-hydrogen) atoms. The second-order valence-corrected chi connectivity index (χ2v) is 17.9. The zero-order chi connectivity index (χ0) is 45.1. The third kappa shape index (κ3) is 11.4. The lowest BCUT2D eigenvalue weighted by molar-refractivity contribution is -0.274. The zero-order valence-corrected chi connectivity index (χ0v) is 36.9. The summed E-state index contributed by atoms with van der Waals surface area (Å²) < 4.78 is 55.9. The van der Waals surface area contributed by atoms with Crippen LogP contribution in [0.1, 0.15) is 72.7 Å². The van der Waals surface area contributed by atoms with Gasteiger partial charge < -0.3 is 44.5 Å². The molecule has 15 nitrogen and oxygen atoms in total. The molecule has 3 atom stereocenters. The summed E-state index contributed by atoms with van der Waals surface area (Å²) in [6.45, 7) is 14.9. The van der Waals surface area contributed by atoms with E-state index >= 15 is 0 Å². The van der Waals surface area contributed by atoms with E-state index in [9.17, 15) is 32.3 Å². The van der Waals surface area contributed by atoms with E-state index in [1.165, 1.54) is 19.2 Å². The van der Waals surface area contributed by atoms with E-state index in [1.807, 2.05) is 41.5 Å². The van der Waals surface area contributed by atoms with Crippen LogP contribution in [0.15, 0.2) is 42.5 Å². The number of hydrogen-bond acceptors (Lipinski definition) is 9. The van der Waals surface area contributed by atoms with Crippen molar-refractivity contribution in [3.05, 3.63) is 53.4 Å². The van der Waals surface area contributed by atoms with Crippen molar-refractivity contribution in [3.8, 4) is 28.1 Å². The lowest BCUT2D eigenvalue weighted by Crippen LogP contribution is -2.55. The molecule has 0 unspecified atom stereocenters. The van der Waals surface area contributed by atoms with Gasteiger partial charge in [0, 0.05) is 74.7 Å². The predicted molar refractivity (Wildman–Crippen MR) is 227 cm³/mol. The molecule has 0 radical (unpaired) electrons. The lowest BCUT2D eigenvalue weighted by Gasteiger charge is -2.42. The molecule has 0 saturated carbocycles. The minimum atomic E-state index is -5.01. The number of anilines is 1. The summed E-state index contributed by atoms with van der Waals surface area (Å²) >= 11 is 6.67. The largest absolute Gasteiger partial charge is 0.573 e. The van der Waals surface area contributed by atoms with Gasteiger partial charge in [-0.25, -0.2) is 19.4 Å². The van der Waals surface area contributed by atoms with Crippen molar-refractivity contribution in [1.82, 2.24) is 34.9 Å². The van der Waals surface area contributed by atoms with Crippen LogP contribution in [-0.2, 0) is 14.3 Å². The molecule has 1 aromatic heterocycles. The third-order valence-corrected chi connectivity index (χ3v) is 11.6. The van der Waals surface area contributed by atoms with Crippen molar-refractivity contribution in [2.45, 2.75) is 90.9 Å². The highest BCUT2D eigenvalue weighted by Gasteiger charge is 2.41. The number of hydrogen-bond donors (Lipinski definition) is 3. The first-order chi connectivity index (χ1) is 29.2. The highest BCUT2D eigenvalue weighted by atomic mass is 35.5. The van der Waals surface area contributed by atoms with E-state index in [2.05, 4.69) is 25.3 Å². The monoisotopic (exact) mass is 888 g/mol. The topological polar surface area (TPSA) is 162 Å². The highest BCUT2D eigenvalue weighted by Crippen LogP contribution is 2.40. The first-order valence-electron chi connectivity index (χ1n) is 20.9. The Labute approximate surface area is 364 Å². The summed E-state index contributed by atoms with van der Waals surface area (Å²) in [5, 5.41) is 5.59. The Balaban J connectivity index is 1.10. The molecular weight excluding hydrogens is 833 g/mol. The van der Waals surface area contributed by atoms with Gasteiger partial charge in [0.25, 0.3) is 0 Å². The number of aromatic nitrogens is 2. The van der Waals surface area contributed by atoms with E-state index < -0.39 is 41.9 Å². The molecule has 19 heteroatoms. The SMILES string of the molecule is COC(=O)N[C@H](C(=O)N1C[C@@H](C)C[C@H]1c1nc(-c2ccc(-c3ccc(NC(=O)N4CCN(C5CCN(C(=O)OC(C)(C)C)CC5)CC4)cc3OC(F)(F)F)cc2)c(Cl)[nH]1)C(C)C. The Morgan fingerprint density at radius 2 is 1.56 bits per heavy atom. The highest BCUT2D eigenvalue weighted by molar-refractivity contribution is 6.31. The Kier molecular flexibility index (Phi) is 14.2. The van der Waals surface area contributed by atoms with Crippen LogP contribution in [0, 0.1) is 11.8 Å². The lowest BCUT2D eigenvalue weighted by atomic mass is 10.0. The number of nitrogens with one attached hydrogen (secondary N) is 3. The van der Waals surface area contributed by atoms with E-state index in [4.69, 9.17) is 26.1 Å². The number of ether oxygens (including phenoxy) is 3. The van der Waals surface area contributed by atoms with Gasteiger partial charge >= 0.3 is 24.6 Å². The Morgan fingerprint density at radius 1 is 0.919 bits per heavy atom. The number of alkyl halides is 3. The maximum atomic E-state index is 13.7. The summed E-state index contributed by atoms with van der Waals surface area (Å²) in [6.07, 6.45) is -3.84. The number of piperazine rings is 1. The molecule has 5 amide bonds. The van der Waals surface area contributed by atoms with E-state index in [0.717, 1.165) is 18.9 Å². The predicted octanol–water partition coefficient (Wildman–Crippen LogP) is 8.13. The van der Waals surface area contributed by atoms with Crippen LogP contribution in [0.4, 0.5) is 33.2 Å². The smallest absolute Gasteiger partial charge is 0.453 e. The summed E-state index contributed by atoms with van der Waals surface area (Å²) in [6, 6.07) is 9.29. The van der Waals surface area contributed by atoms with Crippen molar-refractivity contribution >= 4 is 41.4 Å². The standard InChI is InChI=1S/C43H56ClF3N8O7/c1-25(2)34(50-40(58)60-7)38(56)55-24-26(3)22-32(55)37-49-35(36(44)51-37)28-10-8-27(9-11-28)31-13-12-29(23-33(31)61-43(45,46)47)48-39(57)53-20-18-52(19-21-53)30-14-16-54(17-15-30)41(59)62-42(4,5)6/h8-13,23,25-26,30,32,34H,14-22,24H2,1-7H3,(H,48,57)(H,49,51)(H,50,58)/t26-,32-,34-/m0/s1. The van der Waals surface area contributed by atoms with Crippen LogP contribution < -0.4 is 15.4 Å². The first kappa shape index (κ1) is 46.3. The minimum absolute atomic E-state index is 0.136. The molecule has 6 rings (SSSR count). The Hall–Kier alpha value is -5.23. The van der Waals surface area contributed by atoms with Gasteiger partial charge in [0.05, 0.1) is 13.2 Å². The number of methoxy groups -OCH3 is 1. The molecule has 0 bridgehead atoms. The molecule has 3 fully saturated rings. The van der Waals surface area contributed by atoms with Crippen molar-refractivity contribution in [3.63, 3.8) is 0 Å². The zero-order valence-electron chi connectivity index (χ0n) is 36.1. The number of nitrogens with zero attached hydrogens (tertiary/aromatic N) is 5. The van der Waals surface area contributed by atoms with Crippen molar-refractivity contribution in [2.24, 2.45) is 11.8 Å². The molecule has 3 N–H and O–H groups in total. The van der Waals surface area contributed by atoms with Gasteiger partial charge in [-0.15, -0.1) is 13.2 Å². The number of carbonyl (C=O) groups excluding carboxylic acids is 4. The van der Waals surface area contributed by atoms with Gasteiger partial charge in [-0.2, -0.15) is 0 Å². The number of piperidine rings is 1. The Morgan fingerprint density at radius 3 is 2.16 bits per heavy atom. The average Bonchev–Trinajstić information content (AvgIpc) is 3.80.